The van der Waals surface area contributed by atoms with Gasteiger partial charge in [0.05, 0.1) is 34.3 Å². The van der Waals surface area contributed by atoms with Crippen LogP contribution in [0.25, 0.3) is 11.1 Å². The van der Waals surface area contributed by atoms with E-state index in [2.05, 4.69) is 31.2 Å². The molecule has 2 N–H and O–H groups in total. The summed E-state index contributed by atoms with van der Waals surface area (Å²) in [4.78, 5) is 40.4. The molecule has 0 unspecified atom stereocenters. The number of anilines is 1. The van der Waals surface area contributed by atoms with Crippen molar-refractivity contribution >= 4 is 29.0 Å². The van der Waals surface area contributed by atoms with Crippen molar-refractivity contribution in [1.29, 1.82) is 5.26 Å². The van der Waals surface area contributed by atoms with Gasteiger partial charge in [0.25, 0.3) is 5.91 Å². The van der Waals surface area contributed by atoms with Crippen molar-refractivity contribution in [3.05, 3.63) is 87.0 Å². The van der Waals surface area contributed by atoms with E-state index < -0.39 is 5.91 Å². The smallest absolute Gasteiger partial charge is 0.291 e. The zero-order valence-corrected chi connectivity index (χ0v) is 26.4. The number of ketones is 1. The van der Waals surface area contributed by atoms with Crippen molar-refractivity contribution in [2.24, 2.45) is 14.1 Å². The summed E-state index contributed by atoms with van der Waals surface area (Å²) in [5.41, 5.74) is 6.26. The minimum atomic E-state index is -0.400. The summed E-state index contributed by atoms with van der Waals surface area (Å²) in [5.74, 6) is 0.105. The lowest BCUT2D eigenvalue weighted by Gasteiger charge is -2.25. The number of imidazole rings is 2. The van der Waals surface area contributed by atoms with Crippen molar-refractivity contribution in [2.45, 2.75) is 32.4 Å². The Labute approximate surface area is 266 Å². The fraction of sp³-hybridized carbons (Fsp3) is 0.364. The Kier molecular flexibility index (Phi) is 8.57. The van der Waals surface area contributed by atoms with Gasteiger partial charge in [-0.15, -0.1) is 0 Å². The van der Waals surface area contributed by atoms with E-state index in [1.807, 2.05) is 30.3 Å². The predicted octanol–water partition coefficient (Wildman–Crippen LogP) is 3.36. The second kappa shape index (κ2) is 12.6. The first kappa shape index (κ1) is 30.7. The van der Waals surface area contributed by atoms with Gasteiger partial charge in [0.15, 0.2) is 11.6 Å². The molecule has 0 bridgehead atoms. The number of likely N-dealkylation sites (N-methyl/N-ethyl adjacent to an activating group) is 1. The first-order valence-corrected chi connectivity index (χ1v) is 15.3. The molecule has 0 radical (unpaired) electrons. The second-order valence-corrected chi connectivity index (χ2v) is 12.1. The lowest BCUT2D eigenvalue weighted by Crippen LogP contribution is -2.33. The molecule has 2 aliphatic rings. The van der Waals surface area contributed by atoms with E-state index in [4.69, 9.17) is 11.6 Å². The summed E-state index contributed by atoms with van der Waals surface area (Å²) in [6, 6.07) is 12.9. The molecule has 0 fully saturated rings. The highest BCUT2D eigenvalue weighted by Crippen LogP contribution is 2.37. The minimum absolute atomic E-state index is 0.0178. The molecule has 6 rings (SSSR count). The Morgan fingerprint density at radius 3 is 2.38 bits per heavy atom. The molecule has 45 heavy (non-hydrogen) atoms. The summed E-state index contributed by atoms with van der Waals surface area (Å²) < 4.78 is 3.69. The van der Waals surface area contributed by atoms with Crippen LogP contribution in [-0.4, -0.2) is 79.0 Å². The van der Waals surface area contributed by atoms with E-state index >= 15 is 0 Å². The number of carbonyl (C=O) groups excluding carboxylic acids is 2. The standard InChI is InChI=1S/C33H35ClN8O3/c1-39-12-10-27-25(18-39)36-31(40(27)2)29(44)16-20-6-4-7-21(23(20)17-35)22-8-5-9-24(30(22)34)38-33(45)32-37-26-19-42(14-15-43)13-11-28(26)41(32)3/h4-9,43H,10-16,18-19H2,1-3H3,(H,38,45). The van der Waals surface area contributed by atoms with Crippen LogP contribution in [-0.2, 0) is 46.4 Å². The number of aromatic nitrogens is 4. The number of carbonyl (C=O) groups is 2. The van der Waals surface area contributed by atoms with Gasteiger partial charge in [0.2, 0.25) is 5.78 Å². The molecule has 0 spiro atoms. The summed E-state index contributed by atoms with van der Waals surface area (Å²) in [7, 11) is 5.73. The predicted molar refractivity (Wildman–Crippen MR) is 170 cm³/mol. The molecule has 0 saturated heterocycles. The van der Waals surface area contributed by atoms with Crippen LogP contribution in [0.4, 0.5) is 5.69 Å². The number of nitrogens with one attached hydrogen (secondary N) is 1. The van der Waals surface area contributed by atoms with E-state index in [0.29, 0.717) is 53.4 Å². The van der Waals surface area contributed by atoms with E-state index in [1.165, 1.54) is 0 Å². The summed E-state index contributed by atoms with van der Waals surface area (Å²) >= 11 is 6.88. The van der Waals surface area contributed by atoms with Gasteiger partial charge in [0, 0.05) is 88.6 Å². The minimum Gasteiger partial charge on any atom is -0.395 e. The third kappa shape index (κ3) is 5.78. The fourth-order valence-corrected chi connectivity index (χ4v) is 6.67. The third-order valence-corrected chi connectivity index (χ3v) is 9.21. The Bertz CT molecular complexity index is 1850. The van der Waals surface area contributed by atoms with E-state index in [0.717, 1.165) is 48.7 Å². The van der Waals surface area contributed by atoms with Crippen molar-refractivity contribution in [2.75, 3.05) is 38.6 Å². The van der Waals surface area contributed by atoms with E-state index in [1.54, 1.807) is 36.4 Å². The molecule has 2 aliphatic heterocycles. The van der Waals surface area contributed by atoms with Crippen LogP contribution in [0.2, 0.25) is 5.02 Å². The topological polar surface area (TPSA) is 132 Å². The van der Waals surface area contributed by atoms with Crippen LogP contribution in [0.5, 0.6) is 0 Å². The normalized spacial score (nSPS) is 14.9. The molecule has 4 aromatic rings. The van der Waals surface area contributed by atoms with Gasteiger partial charge in [-0.3, -0.25) is 14.5 Å². The highest BCUT2D eigenvalue weighted by atomic mass is 35.5. The number of benzene rings is 2. The zero-order valence-electron chi connectivity index (χ0n) is 25.6. The maximum Gasteiger partial charge on any atom is 0.291 e. The van der Waals surface area contributed by atoms with Crippen LogP contribution in [0.3, 0.4) is 0 Å². The molecule has 0 atom stereocenters. The molecule has 11 nitrogen and oxygen atoms in total. The summed E-state index contributed by atoms with van der Waals surface area (Å²) in [6.45, 7) is 3.60. The number of β-amino-alcohol motifs (C(OH)–C–C–N with tert-alkyl or cyclic N) is 1. The molecule has 2 aromatic carbocycles. The average molecular weight is 627 g/mol. The largest absolute Gasteiger partial charge is 0.395 e. The van der Waals surface area contributed by atoms with Crippen molar-refractivity contribution < 1.29 is 14.7 Å². The lowest BCUT2D eigenvalue weighted by atomic mass is 9.93. The number of hydrogen-bond donors (Lipinski definition) is 2. The molecule has 0 aliphatic carbocycles. The zero-order chi connectivity index (χ0) is 31.8. The van der Waals surface area contributed by atoms with Crippen molar-refractivity contribution in [3.63, 3.8) is 0 Å². The summed E-state index contributed by atoms with van der Waals surface area (Å²) in [5, 5.41) is 22.7. The quantitative estimate of drug-likeness (QED) is 0.285. The molecule has 1 amide bonds. The first-order chi connectivity index (χ1) is 21.7. The van der Waals surface area contributed by atoms with Gasteiger partial charge in [-0.25, -0.2) is 9.97 Å². The first-order valence-electron chi connectivity index (χ1n) is 15.0. The molecule has 232 valence electrons. The number of aliphatic hydroxyl groups excluding tert-OH is 1. The highest BCUT2D eigenvalue weighted by molar-refractivity contribution is 6.36. The van der Waals surface area contributed by atoms with Crippen LogP contribution in [0, 0.1) is 11.3 Å². The average Bonchev–Trinajstić information content (AvgIpc) is 3.53. The van der Waals surface area contributed by atoms with Crippen LogP contribution in [0.1, 0.15) is 55.1 Å². The summed E-state index contributed by atoms with van der Waals surface area (Å²) in [6.07, 6.45) is 1.58. The molecule has 0 saturated carbocycles. The number of Topliss-reactive ketones (excluding diaryl/α,β-unsaturated/α-hetero) is 1. The van der Waals surface area contributed by atoms with E-state index in [-0.39, 0.29) is 29.7 Å². The third-order valence-electron chi connectivity index (χ3n) is 8.80. The van der Waals surface area contributed by atoms with Gasteiger partial charge in [0.1, 0.15) is 6.07 Å². The Hall–Kier alpha value is -4.34. The van der Waals surface area contributed by atoms with E-state index in [9.17, 15) is 20.0 Å². The van der Waals surface area contributed by atoms with Crippen LogP contribution in [0.15, 0.2) is 36.4 Å². The SMILES string of the molecule is CN1CCc2c(nc(C(=O)Cc3cccc(-c4cccc(NC(=O)c5nc6c(n5C)CCN(CCO)C6)c4Cl)c3C#N)n2C)C1. The number of rotatable bonds is 8. The van der Waals surface area contributed by atoms with Gasteiger partial charge in [-0.05, 0) is 18.7 Å². The Morgan fingerprint density at radius 2 is 1.62 bits per heavy atom. The molecule has 4 heterocycles. The van der Waals surface area contributed by atoms with Crippen LogP contribution >= 0.6 is 11.6 Å². The number of hydrogen-bond acceptors (Lipinski definition) is 8. The second-order valence-electron chi connectivity index (χ2n) is 11.7. The van der Waals surface area contributed by atoms with Crippen LogP contribution < -0.4 is 5.32 Å². The number of fused-ring (bicyclic) bond motifs is 2. The molecular weight excluding hydrogens is 592 g/mol. The van der Waals surface area contributed by atoms with Crippen molar-refractivity contribution in [3.8, 4) is 17.2 Å². The maximum atomic E-state index is 13.5. The van der Waals surface area contributed by atoms with Gasteiger partial charge < -0.3 is 24.5 Å². The Morgan fingerprint density at radius 1 is 0.956 bits per heavy atom. The molecule has 2 aromatic heterocycles. The number of nitriles is 1. The fourth-order valence-electron chi connectivity index (χ4n) is 6.40. The maximum absolute atomic E-state index is 13.5. The van der Waals surface area contributed by atoms with Gasteiger partial charge in [-0.2, -0.15) is 5.26 Å². The Balaban J connectivity index is 1.25. The lowest BCUT2D eigenvalue weighted by molar-refractivity contribution is 0.0977. The van der Waals surface area contributed by atoms with Gasteiger partial charge in [-0.1, -0.05) is 41.9 Å². The molecular formula is C33H35ClN8O3. The number of aliphatic hydroxyl groups is 1. The van der Waals surface area contributed by atoms with Gasteiger partial charge >= 0.3 is 0 Å². The monoisotopic (exact) mass is 626 g/mol. The number of nitrogens with zero attached hydrogens (tertiary/aromatic N) is 7. The molecule has 12 heteroatoms. The van der Waals surface area contributed by atoms with Crippen molar-refractivity contribution in [1.82, 2.24) is 28.9 Å². The number of amides is 1. The highest BCUT2D eigenvalue weighted by Gasteiger charge is 2.27. The number of halogens is 1.